The van der Waals surface area contributed by atoms with E-state index in [0.717, 1.165) is 31.7 Å². The lowest BCUT2D eigenvalue weighted by Crippen LogP contribution is -2.44. The van der Waals surface area contributed by atoms with Crippen LogP contribution in [0.5, 0.6) is 0 Å². The van der Waals surface area contributed by atoms with Gasteiger partial charge in [0.1, 0.15) is 0 Å². The average molecular weight is 227 g/mol. The Bertz CT molecular complexity index is 397. The third-order valence-electron chi connectivity index (χ3n) is 3.33. The zero-order chi connectivity index (χ0) is 11.8. The Balaban J connectivity index is 2.24. The van der Waals surface area contributed by atoms with Gasteiger partial charge in [0, 0.05) is 11.6 Å². The van der Waals surface area contributed by atoms with Crippen molar-refractivity contribution in [3.63, 3.8) is 0 Å². The van der Waals surface area contributed by atoms with Crippen LogP contribution in [0, 0.1) is 11.6 Å². The van der Waals surface area contributed by atoms with Gasteiger partial charge in [-0.25, -0.2) is 13.8 Å². The molecule has 0 spiro atoms. The highest BCUT2D eigenvalue weighted by Gasteiger charge is 2.36. The second-order valence-electron chi connectivity index (χ2n) is 4.30. The molecule has 5 heteroatoms. The Hall–Kier alpha value is -1.39. The second kappa shape index (κ2) is 3.88. The van der Waals surface area contributed by atoms with Gasteiger partial charge in [-0.15, -0.1) is 0 Å². The number of nitrogens with one attached hydrogen (secondary N) is 1. The number of nitrogen functional groups attached to an aromatic ring is 1. The van der Waals surface area contributed by atoms with Crippen molar-refractivity contribution in [3.05, 3.63) is 17.7 Å². The van der Waals surface area contributed by atoms with Crippen LogP contribution in [-0.4, -0.2) is 10.5 Å². The minimum Gasteiger partial charge on any atom is -0.381 e. The Morgan fingerprint density at radius 3 is 2.62 bits per heavy atom. The zero-order valence-electron chi connectivity index (χ0n) is 9.19. The highest BCUT2D eigenvalue weighted by atomic mass is 19.1. The normalized spacial score (nSPS) is 17.9. The molecule has 16 heavy (non-hydrogen) atoms. The molecule has 3 N–H and O–H groups in total. The van der Waals surface area contributed by atoms with E-state index in [0.29, 0.717) is 0 Å². The summed E-state index contributed by atoms with van der Waals surface area (Å²) in [4.78, 5) is 3.70. The predicted octanol–water partition coefficient (Wildman–Crippen LogP) is 2.69. The van der Waals surface area contributed by atoms with Gasteiger partial charge in [0.15, 0.2) is 23.3 Å². The summed E-state index contributed by atoms with van der Waals surface area (Å²) in [5, 5.41) is 3.05. The summed E-state index contributed by atoms with van der Waals surface area (Å²) in [6, 6.07) is 0.771. The van der Waals surface area contributed by atoms with E-state index in [2.05, 4.69) is 10.3 Å². The summed E-state index contributed by atoms with van der Waals surface area (Å²) in [6.07, 6.45) is 3.99. The topological polar surface area (TPSA) is 50.9 Å². The van der Waals surface area contributed by atoms with Crippen molar-refractivity contribution >= 4 is 11.6 Å². The fourth-order valence-corrected chi connectivity index (χ4v) is 1.99. The summed E-state index contributed by atoms with van der Waals surface area (Å²) in [7, 11) is 0. The highest BCUT2D eigenvalue weighted by molar-refractivity contribution is 5.47. The molecular formula is C11H15F2N3. The van der Waals surface area contributed by atoms with Crippen molar-refractivity contribution in [2.24, 2.45) is 0 Å². The van der Waals surface area contributed by atoms with Crippen molar-refractivity contribution in [2.75, 3.05) is 11.1 Å². The molecule has 1 aromatic heterocycles. The predicted molar refractivity (Wildman–Crippen MR) is 59.1 cm³/mol. The average Bonchev–Trinajstić information content (AvgIpc) is 2.19. The second-order valence-corrected chi connectivity index (χ2v) is 4.30. The lowest BCUT2D eigenvalue weighted by molar-refractivity contribution is 0.267. The van der Waals surface area contributed by atoms with Crippen molar-refractivity contribution < 1.29 is 8.78 Å². The number of nitrogens with zero attached hydrogens (tertiary/aromatic N) is 1. The van der Waals surface area contributed by atoms with E-state index in [4.69, 9.17) is 5.73 Å². The fraction of sp³-hybridized carbons (Fsp3) is 0.545. The molecule has 2 rings (SSSR count). The van der Waals surface area contributed by atoms with Crippen LogP contribution in [0.25, 0.3) is 0 Å². The molecule has 1 saturated carbocycles. The van der Waals surface area contributed by atoms with Gasteiger partial charge in [-0.2, -0.15) is 0 Å². The fourth-order valence-electron chi connectivity index (χ4n) is 1.99. The van der Waals surface area contributed by atoms with E-state index in [9.17, 15) is 8.78 Å². The Morgan fingerprint density at radius 1 is 1.44 bits per heavy atom. The van der Waals surface area contributed by atoms with Crippen LogP contribution in [0.2, 0.25) is 0 Å². The smallest absolute Gasteiger partial charge is 0.168 e. The van der Waals surface area contributed by atoms with Crippen molar-refractivity contribution in [2.45, 2.75) is 38.1 Å². The Kier molecular flexibility index (Phi) is 2.69. The summed E-state index contributed by atoms with van der Waals surface area (Å²) in [6.45, 7) is 2.04. The number of halogens is 2. The molecule has 0 aliphatic heterocycles. The van der Waals surface area contributed by atoms with Crippen molar-refractivity contribution in [3.8, 4) is 0 Å². The van der Waals surface area contributed by atoms with Gasteiger partial charge < -0.3 is 11.1 Å². The third-order valence-corrected chi connectivity index (χ3v) is 3.33. The van der Waals surface area contributed by atoms with Gasteiger partial charge in [-0.1, -0.05) is 6.92 Å². The quantitative estimate of drug-likeness (QED) is 0.834. The monoisotopic (exact) mass is 227 g/mol. The maximum absolute atomic E-state index is 13.4. The van der Waals surface area contributed by atoms with Gasteiger partial charge in [0.25, 0.3) is 0 Å². The number of pyridine rings is 1. The summed E-state index contributed by atoms with van der Waals surface area (Å²) < 4.78 is 26.4. The van der Waals surface area contributed by atoms with Gasteiger partial charge >= 0.3 is 0 Å². The van der Waals surface area contributed by atoms with E-state index in [-0.39, 0.29) is 17.2 Å². The van der Waals surface area contributed by atoms with E-state index >= 15 is 0 Å². The molecule has 88 valence electrons. The Labute approximate surface area is 93.1 Å². The molecule has 0 amide bonds. The number of hydrogen-bond donors (Lipinski definition) is 2. The van der Waals surface area contributed by atoms with Gasteiger partial charge in [0.05, 0.1) is 0 Å². The summed E-state index contributed by atoms with van der Waals surface area (Å²) >= 11 is 0. The van der Waals surface area contributed by atoms with Crippen LogP contribution < -0.4 is 11.1 Å². The number of rotatable bonds is 3. The molecule has 1 aliphatic rings. The van der Waals surface area contributed by atoms with Crippen molar-refractivity contribution in [1.29, 1.82) is 0 Å². The minimum atomic E-state index is -0.817. The van der Waals surface area contributed by atoms with Crippen LogP contribution in [0.3, 0.4) is 0 Å². The molecule has 1 aromatic rings. The molecule has 0 aromatic carbocycles. The Morgan fingerprint density at radius 2 is 2.12 bits per heavy atom. The lowest BCUT2D eigenvalue weighted by Gasteiger charge is -2.42. The first-order valence-corrected chi connectivity index (χ1v) is 5.46. The van der Waals surface area contributed by atoms with Crippen LogP contribution in [-0.2, 0) is 0 Å². The van der Waals surface area contributed by atoms with Crippen LogP contribution >= 0.6 is 0 Å². The molecule has 1 heterocycles. The summed E-state index contributed by atoms with van der Waals surface area (Å²) in [5.74, 6) is -1.72. The number of aromatic nitrogens is 1. The van der Waals surface area contributed by atoms with Crippen LogP contribution in [0.1, 0.15) is 32.6 Å². The maximum Gasteiger partial charge on any atom is 0.168 e. The molecule has 0 radical (unpaired) electrons. The van der Waals surface area contributed by atoms with Gasteiger partial charge in [-0.05, 0) is 25.7 Å². The first-order valence-electron chi connectivity index (χ1n) is 5.46. The van der Waals surface area contributed by atoms with Crippen LogP contribution in [0.4, 0.5) is 20.4 Å². The number of hydrogen-bond acceptors (Lipinski definition) is 3. The van der Waals surface area contributed by atoms with Crippen LogP contribution in [0.15, 0.2) is 6.07 Å². The zero-order valence-corrected chi connectivity index (χ0v) is 9.19. The molecule has 0 bridgehead atoms. The van der Waals surface area contributed by atoms with Gasteiger partial charge in [-0.3, -0.25) is 0 Å². The molecule has 3 nitrogen and oxygen atoms in total. The number of nitrogens with two attached hydrogens (primary N) is 1. The molecule has 0 saturated heterocycles. The molecule has 0 unspecified atom stereocenters. The van der Waals surface area contributed by atoms with E-state index in [1.54, 1.807) is 0 Å². The minimum absolute atomic E-state index is 0.0560. The molecule has 1 aliphatic carbocycles. The maximum atomic E-state index is 13.4. The van der Waals surface area contributed by atoms with E-state index < -0.39 is 11.6 Å². The molecule has 0 atom stereocenters. The van der Waals surface area contributed by atoms with E-state index in [1.165, 1.54) is 0 Å². The van der Waals surface area contributed by atoms with Crippen molar-refractivity contribution in [1.82, 2.24) is 4.98 Å². The third kappa shape index (κ3) is 1.81. The first kappa shape index (κ1) is 11.1. The molecular weight excluding hydrogens is 212 g/mol. The highest BCUT2D eigenvalue weighted by Crippen LogP contribution is 2.38. The van der Waals surface area contributed by atoms with E-state index in [1.807, 2.05) is 6.92 Å². The SMILES string of the molecule is CCC1(Nc2nc(N)c(F)cc2F)CCC1. The summed E-state index contributed by atoms with van der Waals surface area (Å²) in [5.41, 5.74) is 5.23. The largest absolute Gasteiger partial charge is 0.381 e. The van der Waals surface area contributed by atoms with Gasteiger partial charge in [0.2, 0.25) is 0 Å². The standard InChI is InChI=1S/C11H15F2N3/c1-2-11(4-3-5-11)16-10-8(13)6-7(12)9(14)15-10/h6H,2-5H2,1H3,(H3,14,15,16). The molecule has 1 fully saturated rings. The lowest BCUT2D eigenvalue weighted by atomic mass is 9.75. The first-order chi connectivity index (χ1) is 7.56. The number of anilines is 2.